The molecule has 3 heterocycles. The summed E-state index contributed by atoms with van der Waals surface area (Å²) in [7, 11) is 0. The van der Waals surface area contributed by atoms with Crippen LogP contribution in [0.1, 0.15) is 82.4 Å². The molecule has 1 aliphatic rings. The van der Waals surface area contributed by atoms with Gasteiger partial charge in [-0.15, -0.1) is 0 Å². The second kappa shape index (κ2) is 13.6. The minimum absolute atomic E-state index is 0.530. The highest BCUT2D eigenvalue weighted by molar-refractivity contribution is 5.99. The van der Waals surface area contributed by atoms with Gasteiger partial charge < -0.3 is 14.7 Å². The second-order valence-electron chi connectivity index (χ2n) is 9.40. The Morgan fingerprint density at radius 1 is 0.829 bits per heavy atom. The van der Waals surface area contributed by atoms with E-state index >= 15 is 0 Å². The summed E-state index contributed by atoms with van der Waals surface area (Å²) < 4.78 is 6.21. The summed E-state index contributed by atoms with van der Waals surface area (Å²) in [5.74, 6) is 0.835. The van der Waals surface area contributed by atoms with Crippen LogP contribution in [0.25, 0.3) is 17.5 Å². The van der Waals surface area contributed by atoms with Gasteiger partial charge in [-0.05, 0) is 48.8 Å². The third-order valence-electron chi connectivity index (χ3n) is 6.48. The SMILES string of the molecule is CCCCCCCCCCCC1=NC(=Cc2[nH]c(-c3ccc[nH]3)cc2OCc2ccccc2)C=C1. The van der Waals surface area contributed by atoms with Gasteiger partial charge in [0.2, 0.25) is 0 Å². The molecule has 0 aliphatic carbocycles. The summed E-state index contributed by atoms with van der Waals surface area (Å²) in [4.78, 5) is 11.6. The van der Waals surface area contributed by atoms with Crippen LogP contribution >= 0.6 is 0 Å². The summed E-state index contributed by atoms with van der Waals surface area (Å²) in [6.45, 7) is 2.81. The predicted molar refractivity (Wildman–Crippen MR) is 148 cm³/mol. The van der Waals surface area contributed by atoms with E-state index in [1.54, 1.807) is 0 Å². The normalized spacial score (nSPS) is 14.1. The zero-order valence-electron chi connectivity index (χ0n) is 21.1. The van der Waals surface area contributed by atoms with Crippen molar-refractivity contribution in [2.45, 2.75) is 77.7 Å². The first kappa shape index (κ1) is 24.8. The maximum Gasteiger partial charge on any atom is 0.145 e. The average Bonchev–Trinajstić information content (AvgIpc) is 3.64. The van der Waals surface area contributed by atoms with Crippen LogP contribution in [0.4, 0.5) is 0 Å². The number of benzene rings is 1. The predicted octanol–water partition coefficient (Wildman–Crippen LogP) is 8.86. The number of ether oxygens (including phenoxy) is 1. The fourth-order valence-corrected chi connectivity index (χ4v) is 4.46. The van der Waals surface area contributed by atoms with Crippen molar-refractivity contribution in [3.8, 4) is 17.1 Å². The molecule has 1 aromatic carbocycles. The van der Waals surface area contributed by atoms with Crippen molar-refractivity contribution < 1.29 is 4.74 Å². The number of aromatic amines is 2. The molecular weight excluding hydrogens is 430 g/mol. The Balaban J connectivity index is 1.32. The molecule has 4 heteroatoms. The Morgan fingerprint density at radius 2 is 1.60 bits per heavy atom. The molecule has 1 aliphatic heterocycles. The van der Waals surface area contributed by atoms with Gasteiger partial charge in [-0.2, -0.15) is 0 Å². The van der Waals surface area contributed by atoms with Gasteiger partial charge in [0, 0.05) is 18.0 Å². The first-order valence-electron chi connectivity index (χ1n) is 13.3. The molecule has 0 unspecified atom stereocenters. The molecule has 35 heavy (non-hydrogen) atoms. The smallest absolute Gasteiger partial charge is 0.145 e. The maximum absolute atomic E-state index is 6.21. The van der Waals surface area contributed by atoms with Gasteiger partial charge in [0.15, 0.2) is 0 Å². The van der Waals surface area contributed by atoms with Crippen molar-refractivity contribution in [3.63, 3.8) is 0 Å². The molecule has 0 fully saturated rings. The van der Waals surface area contributed by atoms with Gasteiger partial charge in [-0.3, -0.25) is 4.99 Å². The maximum atomic E-state index is 6.21. The van der Waals surface area contributed by atoms with Crippen LogP contribution in [0.5, 0.6) is 5.75 Å². The van der Waals surface area contributed by atoms with E-state index in [1.807, 2.05) is 30.5 Å². The molecule has 3 aromatic rings. The van der Waals surface area contributed by atoms with E-state index < -0.39 is 0 Å². The van der Waals surface area contributed by atoms with Crippen molar-refractivity contribution in [1.29, 1.82) is 0 Å². The molecule has 0 radical (unpaired) electrons. The Bertz CT molecular complexity index is 1100. The number of H-pyrrole nitrogens is 2. The Morgan fingerprint density at radius 3 is 2.34 bits per heavy atom. The van der Waals surface area contributed by atoms with Crippen LogP contribution in [0.3, 0.4) is 0 Å². The summed E-state index contributed by atoms with van der Waals surface area (Å²) in [6, 6.07) is 16.4. The van der Waals surface area contributed by atoms with Gasteiger partial charge in [0.25, 0.3) is 0 Å². The third-order valence-corrected chi connectivity index (χ3v) is 6.48. The fourth-order valence-electron chi connectivity index (χ4n) is 4.46. The van der Waals surface area contributed by atoms with Gasteiger partial charge >= 0.3 is 0 Å². The van der Waals surface area contributed by atoms with E-state index in [2.05, 4.69) is 59.4 Å². The highest BCUT2D eigenvalue weighted by Crippen LogP contribution is 2.30. The number of aromatic nitrogens is 2. The van der Waals surface area contributed by atoms with Crippen LogP contribution in [0.15, 0.2) is 77.6 Å². The lowest BCUT2D eigenvalue weighted by Gasteiger charge is -2.05. The minimum Gasteiger partial charge on any atom is -0.487 e. The molecule has 0 saturated carbocycles. The molecule has 2 aromatic heterocycles. The Labute approximate surface area is 210 Å². The first-order valence-corrected chi connectivity index (χ1v) is 13.3. The van der Waals surface area contributed by atoms with E-state index in [0.29, 0.717) is 6.61 Å². The Kier molecular flexibility index (Phi) is 9.64. The highest BCUT2D eigenvalue weighted by Gasteiger charge is 2.12. The number of allylic oxidation sites excluding steroid dienone is 2. The molecule has 0 saturated heterocycles. The lowest BCUT2D eigenvalue weighted by Crippen LogP contribution is -1.95. The zero-order valence-corrected chi connectivity index (χ0v) is 21.1. The molecule has 2 N–H and O–H groups in total. The van der Waals surface area contributed by atoms with Crippen molar-refractivity contribution >= 4 is 11.8 Å². The van der Waals surface area contributed by atoms with Gasteiger partial charge in [-0.25, -0.2) is 0 Å². The lowest BCUT2D eigenvalue weighted by molar-refractivity contribution is 0.306. The van der Waals surface area contributed by atoms with Crippen molar-refractivity contribution in [3.05, 3.63) is 83.8 Å². The summed E-state index contributed by atoms with van der Waals surface area (Å²) in [5.41, 5.74) is 6.29. The third kappa shape index (κ3) is 7.88. The number of unbranched alkanes of at least 4 members (excludes halogenated alkanes) is 8. The lowest BCUT2D eigenvalue weighted by atomic mass is 10.1. The molecule has 0 amide bonds. The minimum atomic E-state index is 0.530. The van der Waals surface area contributed by atoms with Gasteiger partial charge in [0.05, 0.1) is 22.8 Å². The summed E-state index contributed by atoms with van der Waals surface area (Å²) in [6.07, 6.45) is 21.5. The zero-order chi connectivity index (χ0) is 24.1. The van der Waals surface area contributed by atoms with Crippen LogP contribution in [-0.4, -0.2) is 15.7 Å². The van der Waals surface area contributed by atoms with E-state index in [0.717, 1.165) is 40.5 Å². The van der Waals surface area contributed by atoms with Crippen LogP contribution in [0.2, 0.25) is 0 Å². The van der Waals surface area contributed by atoms with Gasteiger partial charge in [0.1, 0.15) is 12.4 Å². The van der Waals surface area contributed by atoms with Crippen LogP contribution < -0.4 is 4.74 Å². The highest BCUT2D eigenvalue weighted by atomic mass is 16.5. The molecule has 0 bridgehead atoms. The molecule has 0 atom stereocenters. The fraction of sp³-hybridized carbons (Fsp3) is 0.387. The Hall–Kier alpha value is -3.27. The van der Waals surface area contributed by atoms with E-state index in [9.17, 15) is 0 Å². The topological polar surface area (TPSA) is 53.2 Å². The summed E-state index contributed by atoms with van der Waals surface area (Å²) >= 11 is 0. The molecular formula is C31H39N3O. The molecule has 4 rings (SSSR count). The monoisotopic (exact) mass is 469 g/mol. The van der Waals surface area contributed by atoms with Crippen molar-refractivity contribution in [2.75, 3.05) is 0 Å². The number of hydrogen-bond acceptors (Lipinski definition) is 2. The average molecular weight is 470 g/mol. The largest absolute Gasteiger partial charge is 0.487 e. The van der Waals surface area contributed by atoms with Gasteiger partial charge in [-0.1, -0.05) is 88.6 Å². The molecule has 184 valence electrons. The summed E-state index contributed by atoms with van der Waals surface area (Å²) in [5, 5.41) is 0. The van der Waals surface area contributed by atoms with Crippen molar-refractivity contribution in [1.82, 2.24) is 9.97 Å². The molecule has 4 nitrogen and oxygen atoms in total. The standard InChI is InChI=1S/C31H39N3O/c1-2-3-4-5-6-7-8-9-13-17-26-19-20-27(33-26)22-30-31(35-24-25-15-11-10-12-16-25)23-29(34-30)28-18-14-21-32-28/h10-12,14-16,18-23,32,34H,2-9,13,17,24H2,1H3. The first-order chi connectivity index (χ1) is 17.3. The number of hydrogen-bond donors (Lipinski definition) is 2. The second-order valence-corrected chi connectivity index (χ2v) is 9.40. The number of aliphatic imine (C=N–C) groups is 1. The van der Waals surface area contributed by atoms with Crippen molar-refractivity contribution in [2.24, 2.45) is 4.99 Å². The molecule has 0 spiro atoms. The quantitative estimate of drug-likeness (QED) is 0.215. The number of nitrogens with one attached hydrogen (secondary N) is 2. The number of nitrogens with zero attached hydrogens (tertiary/aromatic N) is 1. The van der Waals surface area contributed by atoms with E-state index in [-0.39, 0.29) is 0 Å². The van der Waals surface area contributed by atoms with E-state index in [1.165, 1.54) is 63.5 Å². The van der Waals surface area contributed by atoms with Crippen LogP contribution in [-0.2, 0) is 6.61 Å². The number of rotatable bonds is 15. The van der Waals surface area contributed by atoms with E-state index in [4.69, 9.17) is 9.73 Å². The van der Waals surface area contributed by atoms with Crippen LogP contribution in [0, 0.1) is 0 Å².